The number of hydrogen-bond donors (Lipinski definition) is 3. The van der Waals surface area contributed by atoms with Crippen molar-refractivity contribution in [1.82, 2.24) is 10.6 Å². The third-order valence-corrected chi connectivity index (χ3v) is 4.62. The Kier molecular flexibility index (Phi) is 11.5. The maximum absolute atomic E-state index is 9.27. The first-order chi connectivity index (χ1) is 10.5. The van der Waals surface area contributed by atoms with Gasteiger partial charge in [-0.1, -0.05) is 12.1 Å². The molecule has 6 heteroatoms. The molecule has 0 radical (unpaired) electrons. The summed E-state index contributed by atoms with van der Waals surface area (Å²) < 4.78 is 0.161. The van der Waals surface area contributed by atoms with E-state index in [0.717, 1.165) is 38.4 Å². The monoisotopic (exact) mass is 451 g/mol. The van der Waals surface area contributed by atoms with Gasteiger partial charge in [0.15, 0.2) is 5.96 Å². The predicted molar refractivity (Wildman–Crippen MR) is 113 cm³/mol. The molecule has 0 spiro atoms. The lowest BCUT2D eigenvalue weighted by Gasteiger charge is -2.20. The Labute approximate surface area is 162 Å². The number of nitrogens with zero attached hydrogens (tertiary/aromatic N) is 1. The van der Waals surface area contributed by atoms with Crippen LogP contribution in [0.5, 0.6) is 5.75 Å². The number of hydrogen-bond acceptors (Lipinski definition) is 3. The van der Waals surface area contributed by atoms with Crippen LogP contribution < -0.4 is 10.6 Å². The molecule has 0 aliphatic heterocycles. The summed E-state index contributed by atoms with van der Waals surface area (Å²) in [5, 5.41) is 15.9. The van der Waals surface area contributed by atoms with Gasteiger partial charge in [-0.3, -0.25) is 4.99 Å². The SMILES string of the molecule is CCNC(=NCC(C)(C)SC)NCCCc1ccc(O)cc1.I. The van der Waals surface area contributed by atoms with Crippen LogP contribution in [-0.2, 0) is 6.42 Å². The summed E-state index contributed by atoms with van der Waals surface area (Å²) in [4.78, 5) is 4.65. The number of benzene rings is 1. The fraction of sp³-hybridized carbons (Fsp3) is 0.588. The molecular weight excluding hydrogens is 421 g/mol. The normalized spacial score (nSPS) is 11.7. The molecule has 0 atom stereocenters. The highest BCUT2D eigenvalue weighted by Crippen LogP contribution is 2.20. The smallest absolute Gasteiger partial charge is 0.191 e. The minimum atomic E-state index is 0. The summed E-state index contributed by atoms with van der Waals surface area (Å²) in [5.74, 6) is 1.20. The van der Waals surface area contributed by atoms with Gasteiger partial charge in [0.25, 0.3) is 0 Å². The highest BCUT2D eigenvalue weighted by atomic mass is 127. The summed E-state index contributed by atoms with van der Waals surface area (Å²) in [6, 6.07) is 7.41. The third kappa shape index (κ3) is 9.96. The lowest BCUT2D eigenvalue weighted by Crippen LogP contribution is -2.39. The Hall–Kier alpha value is -0.630. The molecule has 23 heavy (non-hydrogen) atoms. The summed E-state index contributed by atoms with van der Waals surface area (Å²) in [6.45, 7) is 9.02. The fourth-order valence-corrected chi connectivity index (χ4v) is 2.03. The van der Waals surface area contributed by atoms with Crippen molar-refractivity contribution in [2.75, 3.05) is 25.9 Å². The van der Waals surface area contributed by atoms with Gasteiger partial charge in [0.2, 0.25) is 0 Å². The first kappa shape index (κ1) is 22.4. The van der Waals surface area contributed by atoms with Crippen LogP contribution in [0.25, 0.3) is 0 Å². The van der Waals surface area contributed by atoms with Crippen molar-refractivity contribution in [2.45, 2.75) is 38.4 Å². The number of rotatable bonds is 8. The van der Waals surface area contributed by atoms with E-state index in [-0.39, 0.29) is 28.7 Å². The van der Waals surface area contributed by atoms with Crippen molar-refractivity contribution in [3.8, 4) is 5.75 Å². The van der Waals surface area contributed by atoms with Crippen molar-refractivity contribution >= 4 is 41.7 Å². The molecular formula is C17H30IN3OS. The molecule has 1 aromatic rings. The zero-order valence-electron chi connectivity index (χ0n) is 14.6. The van der Waals surface area contributed by atoms with Gasteiger partial charge in [-0.05, 0) is 57.6 Å². The van der Waals surface area contributed by atoms with Gasteiger partial charge in [0.1, 0.15) is 5.75 Å². The Morgan fingerprint density at radius 1 is 1.22 bits per heavy atom. The molecule has 0 aromatic heterocycles. The summed E-state index contributed by atoms with van der Waals surface area (Å²) >= 11 is 1.83. The number of aryl methyl sites for hydroxylation is 1. The molecule has 0 fully saturated rings. The number of thioether (sulfide) groups is 1. The lowest BCUT2D eigenvalue weighted by atomic mass is 10.1. The van der Waals surface area contributed by atoms with Gasteiger partial charge in [-0.25, -0.2) is 0 Å². The second kappa shape index (κ2) is 11.8. The minimum absolute atomic E-state index is 0. The van der Waals surface area contributed by atoms with E-state index in [1.54, 1.807) is 12.1 Å². The van der Waals surface area contributed by atoms with Crippen LogP contribution >= 0.6 is 35.7 Å². The number of aromatic hydroxyl groups is 1. The molecule has 0 saturated heterocycles. The molecule has 0 aliphatic rings. The quantitative estimate of drug-likeness (QED) is 0.245. The van der Waals surface area contributed by atoms with E-state index in [2.05, 4.69) is 42.7 Å². The second-order valence-electron chi connectivity index (χ2n) is 5.86. The second-order valence-corrected chi connectivity index (χ2v) is 7.37. The zero-order valence-corrected chi connectivity index (χ0v) is 17.7. The summed E-state index contributed by atoms with van der Waals surface area (Å²) in [7, 11) is 0. The lowest BCUT2D eigenvalue weighted by molar-refractivity contribution is 0.475. The predicted octanol–water partition coefficient (Wildman–Crippen LogP) is 3.64. The number of nitrogens with one attached hydrogen (secondary N) is 2. The van der Waals surface area contributed by atoms with Crippen molar-refractivity contribution in [2.24, 2.45) is 4.99 Å². The summed E-state index contributed by atoms with van der Waals surface area (Å²) in [5.41, 5.74) is 1.24. The number of halogens is 1. The Morgan fingerprint density at radius 2 is 1.87 bits per heavy atom. The van der Waals surface area contributed by atoms with Crippen molar-refractivity contribution < 1.29 is 5.11 Å². The first-order valence-corrected chi connectivity index (χ1v) is 9.04. The Morgan fingerprint density at radius 3 is 2.43 bits per heavy atom. The number of guanidine groups is 1. The molecule has 1 rings (SSSR count). The largest absolute Gasteiger partial charge is 0.508 e. The van der Waals surface area contributed by atoms with E-state index in [0.29, 0.717) is 5.75 Å². The van der Waals surface area contributed by atoms with Gasteiger partial charge in [0.05, 0.1) is 6.54 Å². The van der Waals surface area contributed by atoms with E-state index in [4.69, 9.17) is 0 Å². The molecule has 0 bridgehead atoms. The van der Waals surface area contributed by atoms with E-state index < -0.39 is 0 Å². The van der Waals surface area contributed by atoms with Crippen LogP contribution in [0.4, 0.5) is 0 Å². The number of aliphatic imine (C=N–C) groups is 1. The number of phenolic OH excluding ortho intramolecular Hbond substituents is 1. The standard InChI is InChI=1S/C17H29N3OS.HI/c1-5-18-16(20-13-17(2,3)22-4)19-12-6-7-14-8-10-15(21)11-9-14;/h8-11,21H,5-7,12-13H2,1-4H3,(H2,18,19,20);1H. The molecule has 132 valence electrons. The third-order valence-electron chi connectivity index (χ3n) is 3.39. The first-order valence-electron chi connectivity index (χ1n) is 7.82. The van der Waals surface area contributed by atoms with Crippen molar-refractivity contribution in [3.63, 3.8) is 0 Å². The van der Waals surface area contributed by atoms with Crippen LogP contribution in [0.1, 0.15) is 32.8 Å². The van der Waals surface area contributed by atoms with Gasteiger partial charge in [0, 0.05) is 17.8 Å². The molecule has 0 aliphatic carbocycles. The maximum atomic E-state index is 9.27. The maximum Gasteiger partial charge on any atom is 0.191 e. The van der Waals surface area contributed by atoms with Crippen LogP contribution in [0, 0.1) is 0 Å². The molecule has 4 nitrogen and oxygen atoms in total. The van der Waals surface area contributed by atoms with Crippen LogP contribution in [-0.4, -0.2) is 41.7 Å². The molecule has 0 unspecified atom stereocenters. The van der Waals surface area contributed by atoms with E-state index in [1.165, 1.54) is 5.56 Å². The molecule has 1 aromatic carbocycles. The van der Waals surface area contributed by atoms with Crippen LogP contribution in [0.3, 0.4) is 0 Å². The highest BCUT2D eigenvalue weighted by molar-refractivity contribution is 14.0. The van der Waals surface area contributed by atoms with E-state index in [1.807, 2.05) is 23.9 Å². The van der Waals surface area contributed by atoms with Crippen molar-refractivity contribution in [1.29, 1.82) is 0 Å². The van der Waals surface area contributed by atoms with Crippen LogP contribution in [0.15, 0.2) is 29.3 Å². The average molecular weight is 451 g/mol. The number of phenols is 1. The molecule has 0 amide bonds. The van der Waals surface area contributed by atoms with Crippen LogP contribution in [0.2, 0.25) is 0 Å². The minimum Gasteiger partial charge on any atom is -0.508 e. The zero-order chi connectivity index (χ0) is 16.4. The fourth-order valence-electron chi connectivity index (χ4n) is 1.84. The highest BCUT2D eigenvalue weighted by Gasteiger charge is 2.15. The van der Waals surface area contributed by atoms with Gasteiger partial charge >= 0.3 is 0 Å². The van der Waals surface area contributed by atoms with E-state index in [9.17, 15) is 5.11 Å². The van der Waals surface area contributed by atoms with Gasteiger partial charge in [-0.15, -0.1) is 24.0 Å². The Bertz CT molecular complexity index is 463. The van der Waals surface area contributed by atoms with Gasteiger partial charge in [-0.2, -0.15) is 11.8 Å². The molecule has 3 N–H and O–H groups in total. The summed E-state index contributed by atoms with van der Waals surface area (Å²) in [6.07, 6.45) is 4.14. The van der Waals surface area contributed by atoms with E-state index >= 15 is 0 Å². The Balaban J connectivity index is 0.00000484. The van der Waals surface area contributed by atoms with Crippen molar-refractivity contribution in [3.05, 3.63) is 29.8 Å². The van der Waals surface area contributed by atoms with Gasteiger partial charge < -0.3 is 15.7 Å². The average Bonchev–Trinajstić information content (AvgIpc) is 2.51. The molecule has 0 heterocycles. The topological polar surface area (TPSA) is 56.7 Å². The molecule has 0 saturated carbocycles.